The predicted molar refractivity (Wildman–Crippen MR) is 75.9 cm³/mol. The summed E-state index contributed by atoms with van der Waals surface area (Å²) in [7, 11) is 1.54. The maximum absolute atomic E-state index is 12.0. The summed E-state index contributed by atoms with van der Waals surface area (Å²) in [4.78, 5) is 30.6. The molecule has 1 amide bonds. The molecule has 0 unspecified atom stereocenters. The molecule has 2 aromatic rings. The lowest BCUT2D eigenvalue weighted by Gasteiger charge is -2.08. The highest BCUT2D eigenvalue weighted by Gasteiger charge is 2.10. The van der Waals surface area contributed by atoms with Crippen LogP contribution < -0.4 is 15.6 Å². The second-order valence-electron chi connectivity index (χ2n) is 4.79. The first kappa shape index (κ1) is 14.0. The summed E-state index contributed by atoms with van der Waals surface area (Å²) >= 11 is 0. The van der Waals surface area contributed by atoms with Gasteiger partial charge in [0.2, 0.25) is 5.91 Å². The van der Waals surface area contributed by atoms with E-state index in [0.29, 0.717) is 22.5 Å². The van der Waals surface area contributed by atoms with Crippen molar-refractivity contribution < 1.29 is 9.53 Å². The molecule has 0 bridgehead atoms. The van der Waals surface area contributed by atoms with Crippen LogP contribution in [0.3, 0.4) is 0 Å². The van der Waals surface area contributed by atoms with Gasteiger partial charge in [-0.25, -0.2) is 4.98 Å². The molecule has 0 radical (unpaired) electrons. The van der Waals surface area contributed by atoms with E-state index in [1.54, 1.807) is 18.2 Å². The van der Waals surface area contributed by atoms with Crippen molar-refractivity contribution in [3.8, 4) is 5.75 Å². The third-order valence-corrected chi connectivity index (χ3v) is 2.74. The number of carbonyl (C=O) groups is 1. The number of ether oxygens (including phenoxy) is 1. The van der Waals surface area contributed by atoms with Crippen molar-refractivity contribution in [1.29, 1.82) is 0 Å². The number of fused-ring (bicyclic) bond motifs is 1. The number of aromatic nitrogens is 2. The second kappa shape index (κ2) is 5.73. The second-order valence-corrected chi connectivity index (χ2v) is 4.79. The van der Waals surface area contributed by atoms with Gasteiger partial charge in [0.1, 0.15) is 11.6 Å². The Labute approximate surface area is 116 Å². The fraction of sp³-hybridized carbons (Fsp3) is 0.357. The van der Waals surface area contributed by atoms with E-state index in [0.717, 1.165) is 0 Å². The van der Waals surface area contributed by atoms with E-state index in [-0.39, 0.29) is 23.9 Å². The van der Waals surface area contributed by atoms with Gasteiger partial charge < -0.3 is 15.0 Å². The number of methoxy groups -OCH3 is 1. The topological polar surface area (TPSA) is 84.1 Å². The average molecular weight is 275 g/mol. The van der Waals surface area contributed by atoms with Gasteiger partial charge in [0.05, 0.1) is 24.4 Å². The van der Waals surface area contributed by atoms with E-state index in [4.69, 9.17) is 4.74 Å². The molecule has 6 heteroatoms. The highest BCUT2D eigenvalue weighted by atomic mass is 16.5. The van der Waals surface area contributed by atoms with Crippen LogP contribution in [0.1, 0.15) is 19.7 Å². The number of nitrogens with one attached hydrogen (secondary N) is 2. The van der Waals surface area contributed by atoms with Crippen molar-refractivity contribution in [3.05, 3.63) is 34.4 Å². The molecule has 0 spiro atoms. The van der Waals surface area contributed by atoms with Gasteiger partial charge >= 0.3 is 0 Å². The molecule has 106 valence electrons. The molecule has 0 atom stereocenters. The largest absolute Gasteiger partial charge is 0.497 e. The SMILES string of the molecule is COc1ccc2nc(CC(=O)NC(C)C)[nH]c(=O)c2c1. The number of hydrogen-bond donors (Lipinski definition) is 2. The first-order valence-corrected chi connectivity index (χ1v) is 6.36. The van der Waals surface area contributed by atoms with Crippen LogP contribution in [0.4, 0.5) is 0 Å². The molecule has 2 rings (SSSR count). The minimum Gasteiger partial charge on any atom is -0.497 e. The third-order valence-electron chi connectivity index (χ3n) is 2.74. The number of amides is 1. The number of carbonyl (C=O) groups excluding carboxylic acids is 1. The lowest BCUT2D eigenvalue weighted by atomic mass is 10.2. The first-order chi connectivity index (χ1) is 9.49. The highest BCUT2D eigenvalue weighted by molar-refractivity contribution is 5.81. The van der Waals surface area contributed by atoms with Gasteiger partial charge in [0.15, 0.2) is 0 Å². The molecule has 0 aliphatic carbocycles. The van der Waals surface area contributed by atoms with E-state index < -0.39 is 0 Å². The molecule has 1 aromatic carbocycles. The van der Waals surface area contributed by atoms with Crippen LogP contribution in [0.5, 0.6) is 5.75 Å². The summed E-state index contributed by atoms with van der Waals surface area (Å²) in [6.45, 7) is 3.75. The van der Waals surface area contributed by atoms with Crippen molar-refractivity contribution in [2.45, 2.75) is 26.3 Å². The van der Waals surface area contributed by atoms with Crippen LogP contribution in [0.15, 0.2) is 23.0 Å². The van der Waals surface area contributed by atoms with Crippen LogP contribution >= 0.6 is 0 Å². The number of aromatic amines is 1. The fourth-order valence-corrected chi connectivity index (χ4v) is 1.90. The molecular weight excluding hydrogens is 258 g/mol. The van der Waals surface area contributed by atoms with Crippen molar-refractivity contribution in [3.63, 3.8) is 0 Å². The zero-order valence-corrected chi connectivity index (χ0v) is 11.7. The minimum atomic E-state index is -0.277. The molecule has 0 fully saturated rings. The van der Waals surface area contributed by atoms with E-state index in [9.17, 15) is 9.59 Å². The summed E-state index contributed by atoms with van der Waals surface area (Å²) in [5.41, 5.74) is 0.267. The summed E-state index contributed by atoms with van der Waals surface area (Å²) in [5, 5.41) is 3.20. The van der Waals surface area contributed by atoms with E-state index in [1.165, 1.54) is 7.11 Å². The van der Waals surface area contributed by atoms with E-state index in [1.807, 2.05) is 13.8 Å². The monoisotopic (exact) mass is 275 g/mol. The Morgan fingerprint density at radius 2 is 2.20 bits per heavy atom. The zero-order chi connectivity index (χ0) is 14.7. The van der Waals surface area contributed by atoms with Gasteiger partial charge in [-0.1, -0.05) is 0 Å². The Hall–Kier alpha value is -2.37. The van der Waals surface area contributed by atoms with Crippen LogP contribution in [0.2, 0.25) is 0 Å². The molecule has 0 saturated heterocycles. The molecular formula is C14H17N3O3. The predicted octanol–water partition coefficient (Wildman–Crippen LogP) is 0.999. The zero-order valence-electron chi connectivity index (χ0n) is 11.7. The van der Waals surface area contributed by atoms with Crippen molar-refractivity contribution >= 4 is 16.8 Å². The van der Waals surface area contributed by atoms with Crippen molar-refractivity contribution in [1.82, 2.24) is 15.3 Å². The Morgan fingerprint density at radius 3 is 2.85 bits per heavy atom. The Kier molecular flexibility index (Phi) is 4.02. The fourth-order valence-electron chi connectivity index (χ4n) is 1.90. The summed E-state index contributed by atoms with van der Waals surface area (Å²) in [6, 6.07) is 5.11. The lowest BCUT2D eigenvalue weighted by molar-refractivity contribution is -0.121. The van der Waals surface area contributed by atoms with Crippen LogP contribution in [0, 0.1) is 0 Å². The van der Waals surface area contributed by atoms with Gasteiger partial charge in [-0.2, -0.15) is 0 Å². The molecule has 6 nitrogen and oxygen atoms in total. The standard InChI is InChI=1S/C14H17N3O3/c1-8(2)15-13(18)7-12-16-11-5-4-9(20-3)6-10(11)14(19)17-12/h4-6,8H,7H2,1-3H3,(H,15,18)(H,16,17,19). The summed E-state index contributed by atoms with van der Waals surface area (Å²) in [6.07, 6.45) is 0.0510. The minimum absolute atomic E-state index is 0.0510. The van der Waals surface area contributed by atoms with Gasteiger partial charge in [-0.15, -0.1) is 0 Å². The number of H-pyrrole nitrogens is 1. The number of rotatable bonds is 4. The van der Waals surface area contributed by atoms with Crippen LogP contribution in [0.25, 0.3) is 10.9 Å². The van der Waals surface area contributed by atoms with Gasteiger partial charge in [0.25, 0.3) is 5.56 Å². The molecule has 1 aromatic heterocycles. The molecule has 0 aliphatic heterocycles. The summed E-state index contributed by atoms with van der Waals surface area (Å²) in [5.74, 6) is 0.775. The van der Waals surface area contributed by atoms with E-state index in [2.05, 4.69) is 15.3 Å². The first-order valence-electron chi connectivity index (χ1n) is 6.36. The summed E-state index contributed by atoms with van der Waals surface area (Å²) < 4.78 is 5.07. The molecule has 0 saturated carbocycles. The number of benzene rings is 1. The maximum atomic E-state index is 12.0. The Bertz CT molecular complexity index is 692. The average Bonchev–Trinajstić information content (AvgIpc) is 2.37. The Balaban J connectivity index is 2.33. The van der Waals surface area contributed by atoms with Crippen molar-refractivity contribution in [2.75, 3.05) is 7.11 Å². The van der Waals surface area contributed by atoms with Gasteiger partial charge in [-0.05, 0) is 32.0 Å². The van der Waals surface area contributed by atoms with Gasteiger partial charge in [0, 0.05) is 6.04 Å². The van der Waals surface area contributed by atoms with Crippen LogP contribution in [-0.2, 0) is 11.2 Å². The lowest BCUT2D eigenvalue weighted by Crippen LogP contribution is -2.32. The Morgan fingerprint density at radius 1 is 1.45 bits per heavy atom. The smallest absolute Gasteiger partial charge is 0.258 e. The third kappa shape index (κ3) is 3.14. The molecule has 0 aliphatic rings. The quantitative estimate of drug-likeness (QED) is 0.871. The number of nitrogens with zero attached hydrogens (tertiary/aromatic N) is 1. The highest BCUT2D eigenvalue weighted by Crippen LogP contribution is 2.16. The van der Waals surface area contributed by atoms with Gasteiger partial charge in [-0.3, -0.25) is 9.59 Å². The molecule has 1 heterocycles. The van der Waals surface area contributed by atoms with Crippen molar-refractivity contribution in [2.24, 2.45) is 0 Å². The molecule has 20 heavy (non-hydrogen) atoms. The normalized spacial score (nSPS) is 10.8. The molecule has 2 N–H and O–H groups in total. The van der Waals surface area contributed by atoms with Crippen LogP contribution in [-0.4, -0.2) is 29.0 Å². The maximum Gasteiger partial charge on any atom is 0.258 e. The number of hydrogen-bond acceptors (Lipinski definition) is 4. The van der Waals surface area contributed by atoms with E-state index >= 15 is 0 Å².